The van der Waals surface area contributed by atoms with Crippen molar-refractivity contribution in [1.82, 2.24) is 10.2 Å². The van der Waals surface area contributed by atoms with Crippen LogP contribution in [0, 0.1) is 5.92 Å². The van der Waals surface area contributed by atoms with E-state index in [0.717, 1.165) is 24.0 Å². The van der Waals surface area contributed by atoms with Gasteiger partial charge in [0.1, 0.15) is 0 Å². The molecular weight excluding hydrogens is 196 g/mol. The van der Waals surface area contributed by atoms with Crippen molar-refractivity contribution in [1.29, 1.82) is 0 Å². The van der Waals surface area contributed by atoms with E-state index in [4.69, 9.17) is 0 Å². The number of nitrogens with zero attached hydrogens (tertiary/aromatic N) is 1. The van der Waals surface area contributed by atoms with E-state index in [1.54, 1.807) is 0 Å². The van der Waals surface area contributed by atoms with Crippen molar-refractivity contribution in [3.63, 3.8) is 0 Å². The number of nitrogens with one attached hydrogen (secondary N) is 1. The molecule has 2 rings (SSSR count). The van der Waals surface area contributed by atoms with Gasteiger partial charge in [0.25, 0.3) is 0 Å². The minimum atomic E-state index is 0.730. The van der Waals surface area contributed by atoms with Gasteiger partial charge in [0, 0.05) is 24.7 Å². The second kappa shape index (κ2) is 5.50. The van der Waals surface area contributed by atoms with E-state index in [0.29, 0.717) is 0 Å². The lowest BCUT2D eigenvalue weighted by Crippen LogP contribution is -2.52. The zero-order valence-corrected chi connectivity index (χ0v) is 11.2. The summed E-state index contributed by atoms with van der Waals surface area (Å²) in [5.74, 6) is 0.901. The molecule has 0 aromatic heterocycles. The summed E-state index contributed by atoms with van der Waals surface area (Å²) in [6.07, 6.45) is 8.47. The largest absolute Gasteiger partial charge is 0.313 e. The van der Waals surface area contributed by atoms with E-state index < -0.39 is 0 Å². The maximum Gasteiger partial charge on any atom is 0.0221 e. The molecule has 1 aliphatic carbocycles. The highest BCUT2D eigenvalue weighted by molar-refractivity contribution is 4.87. The summed E-state index contributed by atoms with van der Waals surface area (Å²) in [6, 6.07) is 2.35. The molecule has 2 aliphatic rings. The van der Waals surface area contributed by atoms with Crippen molar-refractivity contribution in [2.75, 3.05) is 13.6 Å². The summed E-state index contributed by atoms with van der Waals surface area (Å²) in [7, 11) is 2.36. The van der Waals surface area contributed by atoms with Crippen LogP contribution in [0.15, 0.2) is 0 Å². The lowest BCUT2D eigenvalue weighted by atomic mass is 9.84. The van der Waals surface area contributed by atoms with Crippen LogP contribution in [0.2, 0.25) is 0 Å². The second-order valence-corrected chi connectivity index (χ2v) is 6.04. The van der Waals surface area contributed by atoms with E-state index in [2.05, 4.69) is 31.1 Å². The summed E-state index contributed by atoms with van der Waals surface area (Å²) >= 11 is 0. The molecule has 1 saturated carbocycles. The highest BCUT2D eigenvalue weighted by Gasteiger charge is 2.30. The van der Waals surface area contributed by atoms with Gasteiger partial charge in [-0.15, -0.1) is 0 Å². The third kappa shape index (κ3) is 2.78. The van der Waals surface area contributed by atoms with Gasteiger partial charge in [0.15, 0.2) is 0 Å². The lowest BCUT2D eigenvalue weighted by molar-refractivity contribution is 0.0782. The summed E-state index contributed by atoms with van der Waals surface area (Å²) in [6.45, 7) is 5.94. The SMILES string of the molecule is CC1CCC(N(C)C2CCCCC2C)CN1. The third-order valence-corrected chi connectivity index (χ3v) is 4.80. The van der Waals surface area contributed by atoms with Crippen LogP contribution < -0.4 is 5.32 Å². The molecule has 4 atom stereocenters. The fraction of sp³-hybridized carbons (Fsp3) is 1.00. The van der Waals surface area contributed by atoms with Crippen molar-refractivity contribution >= 4 is 0 Å². The molecule has 1 heterocycles. The molecule has 0 bridgehead atoms. The van der Waals surface area contributed by atoms with Gasteiger partial charge in [-0.2, -0.15) is 0 Å². The summed E-state index contributed by atoms with van der Waals surface area (Å²) in [5.41, 5.74) is 0. The minimum Gasteiger partial charge on any atom is -0.313 e. The first kappa shape index (κ1) is 12.4. The van der Waals surface area contributed by atoms with E-state index in [-0.39, 0.29) is 0 Å². The van der Waals surface area contributed by atoms with Crippen LogP contribution in [0.25, 0.3) is 0 Å². The van der Waals surface area contributed by atoms with Crippen LogP contribution in [0.1, 0.15) is 52.4 Å². The summed E-state index contributed by atoms with van der Waals surface area (Å²) in [4.78, 5) is 2.68. The lowest BCUT2D eigenvalue weighted by Gasteiger charge is -2.43. The van der Waals surface area contributed by atoms with Crippen molar-refractivity contribution in [3.05, 3.63) is 0 Å². The molecule has 4 unspecified atom stereocenters. The smallest absolute Gasteiger partial charge is 0.0221 e. The van der Waals surface area contributed by atoms with Gasteiger partial charge in [0.05, 0.1) is 0 Å². The Bertz CT molecular complexity index is 209. The summed E-state index contributed by atoms with van der Waals surface area (Å²) in [5, 5.41) is 3.63. The molecule has 0 spiro atoms. The first-order valence-corrected chi connectivity index (χ1v) is 7.14. The van der Waals surface area contributed by atoms with Crippen molar-refractivity contribution in [2.24, 2.45) is 5.92 Å². The Balaban J connectivity index is 1.88. The number of hydrogen-bond donors (Lipinski definition) is 1. The average molecular weight is 224 g/mol. The predicted molar refractivity (Wildman–Crippen MR) is 69.7 cm³/mol. The Hall–Kier alpha value is -0.0800. The molecule has 2 nitrogen and oxygen atoms in total. The Morgan fingerprint density at radius 1 is 1.00 bits per heavy atom. The van der Waals surface area contributed by atoms with Gasteiger partial charge in [-0.05, 0) is 45.6 Å². The highest BCUT2D eigenvalue weighted by atomic mass is 15.2. The minimum absolute atomic E-state index is 0.730. The molecule has 16 heavy (non-hydrogen) atoms. The van der Waals surface area contributed by atoms with Crippen LogP contribution in [-0.4, -0.2) is 36.6 Å². The molecule has 0 radical (unpaired) electrons. The van der Waals surface area contributed by atoms with Gasteiger partial charge in [-0.3, -0.25) is 4.90 Å². The molecule has 0 aromatic rings. The van der Waals surface area contributed by atoms with Crippen molar-refractivity contribution in [2.45, 2.75) is 70.5 Å². The number of rotatable bonds is 2. The van der Waals surface area contributed by atoms with E-state index >= 15 is 0 Å². The molecule has 1 aliphatic heterocycles. The van der Waals surface area contributed by atoms with Crippen LogP contribution in [0.4, 0.5) is 0 Å². The van der Waals surface area contributed by atoms with Crippen molar-refractivity contribution < 1.29 is 0 Å². The zero-order chi connectivity index (χ0) is 11.5. The van der Waals surface area contributed by atoms with Crippen LogP contribution in [0.3, 0.4) is 0 Å². The molecule has 1 saturated heterocycles. The van der Waals surface area contributed by atoms with Gasteiger partial charge in [-0.25, -0.2) is 0 Å². The zero-order valence-electron chi connectivity index (χ0n) is 11.2. The number of piperidine rings is 1. The molecule has 2 heteroatoms. The number of hydrogen-bond acceptors (Lipinski definition) is 2. The molecule has 1 N–H and O–H groups in total. The quantitative estimate of drug-likeness (QED) is 0.776. The highest BCUT2D eigenvalue weighted by Crippen LogP contribution is 2.29. The topological polar surface area (TPSA) is 15.3 Å². The fourth-order valence-electron chi connectivity index (χ4n) is 3.50. The van der Waals surface area contributed by atoms with E-state index in [1.807, 2.05) is 0 Å². The van der Waals surface area contributed by atoms with E-state index in [9.17, 15) is 0 Å². The maximum absolute atomic E-state index is 3.63. The summed E-state index contributed by atoms with van der Waals surface area (Å²) < 4.78 is 0. The van der Waals surface area contributed by atoms with Gasteiger partial charge >= 0.3 is 0 Å². The molecule has 94 valence electrons. The Labute approximate surface area is 101 Å². The normalized spacial score (nSPS) is 41.2. The number of likely N-dealkylation sites (N-methyl/N-ethyl adjacent to an activating group) is 1. The fourth-order valence-corrected chi connectivity index (χ4v) is 3.50. The van der Waals surface area contributed by atoms with E-state index in [1.165, 1.54) is 45.1 Å². The average Bonchev–Trinajstić information content (AvgIpc) is 2.30. The van der Waals surface area contributed by atoms with Gasteiger partial charge < -0.3 is 5.32 Å². The predicted octanol–water partition coefficient (Wildman–Crippen LogP) is 2.64. The molecular formula is C14H28N2. The van der Waals surface area contributed by atoms with Gasteiger partial charge in [0.2, 0.25) is 0 Å². The Kier molecular flexibility index (Phi) is 4.26. The molecule has 0 amide bonds. The first-order valence-electron chi connectivity index (χ1n) is 7.14. The van der Waals surface area contributed by atoms with Gasteiger partial charge in [-0.1, -0.05) is 19.8 Å². The first-order chi connectivity index (χ1) is 7.68. The molecule has 0 aromatic carbocycles. The third-order valence-electron chi connectivity index (χ3n) is 4.80. The Morgan fingerprint density at radius 3 is 2.38 bits per heavy atom. The monoisotopic (exact) mass is 224 g/mol. The van der Waals surface area contributed by atoms with Crippen molar-refractivity contribution in [3.8, 4) is 0 Å². The molecule has 2 fully saturated rings. The standard InChI is InChI=1S/C14H28N2/c1-11-6-4-5-7-14(11)16(3)13-9-8-12(2)15-10-13/h11-15H,4-10H2,1-3H3. The van der Waals surface area contributed by atoms with Crippen LogP contribution in [0.5, 0.6) is 0 Å². The maximum atomic E-state index is 3.63. The Morgan fingerprint density at radius 2 is 1.75 bits per heavy atom. The second-order valence-electron chi connectivity index (χ2n) is 6.04. The van der Waals surface area contributed by atoms with Crippen LogP contribution >= 0.6 is 0 Å². The van der Waals surface area contributed by atoms with Crippen LogP contribution in [-0.2, 0) is 0 Å².